The van der Waals surface area contributed by atoms with Crippen LogP contribution in [0.2, 0.25) is 0 Å². The number of nitrogens with zero attached hydrogens (tertiary/aromatic N) is 2. The highest BCUT2D eigenvalue weighted by Crippen LogP contribution is 2.19. The van der Waals surface area contributed by atoms with E-state index in [-0.39, 0.29) is 24.2 Å². The quantitative estimate of drug-likeness (QED) is 0.811. The SMILES string of the molecule is Cc1ccc(OCC(=O)N2CCC(Oc3cc(C)n(C)c(=O)c3)CC2)cc1. The molecule has 1 aromatic carbocycles. The number of aryl methyl sites for hydroxylation is 2. The Labute approximate surface area is 159 Å². The molecule has 1 aromatic heterocycles. The van der Waals surface area contributed by atoms with E-state index in [1.54, 1.807) is 11.6 Å². The van der Waals surface area contributed by atoms with Gasteiger partial charge in [-0.2, -0.15) is 0 Å². The van der Waals surface area contributed by atoms with Crippen molar-refractivity contribution in [2.75, 3.05) is 19.7 Å². The van der Waals surface area contributed by atoms with E-state index in [0.29, 0.717) is 24.6 Å². The van der Waals surface area contributed by atoms with Gasteiger partial charge in [-0.1, -0.05) is 17.7 Å². The van der Waals surface area contributed by atoms with Crippen molar-refractivity contribution in [1.29, 1.82) is 0 Å². The summed E-state index contributed by atoms with van der Waals surface area (Å²) in [4.78, 5) is 26.0. The third kappa shape index (κ3) is 4.90. The fourth-order valence-electron chi connectivity index (χ4n) is 3.09. The van der Waals surface area contributed by atoms with Gasteiger partial charge in [0, 0.05) is 44.7 Å². The van der Waals surface area contributed by atoms with Crippen molar-refractivity contribution in [2.45, 2.75) is 32.8 Å². The molecule has 0 spiro atoms. The van der Waals surface area contributed by atoms with Crippen molar-refractivity contribution < 1.29 is 14.3 Å². The van der Waals surface area contributed by atoms with Crippen molar-refractivity contribution in [3.8, 4) is 11.5 Å². The highest BCUT2D eigenvalue weighted by atomic mass is 16.5. The average molecular weight is 370 g/mol. The zero-order valence-electron chi connectivity index (χ0n) is 16.1. The zero-order valence-corrected chi connectivity index (χ0v) is 16.1. The van der Waals surface area contributed by atoms with Crippen LogP contribution in [0.5, 0.6) is 11.5 Å². The second-order valence-corrected chi connectivity index (χ2v) is 7.03. The lowest BCUT2D eigenvalue weighted by Crippen LogP contribution is -2.43. The van der Waals surface area contributed by atoms with Gasteiger partial charge in [-0.15, -0.1) is 0 Å². The Hall–Kier alpha value is -2.76. The van der Waals surface area contributed by atoms with Crippen LogP contribution in [0.3, 0.4) is 0 Å². The molecular weight excluding hydrogens is 344 g/mol. The molecule has 27 heavy (non-hydrogen) atoms. The van der Waals surface area contributed by atoms with E-state index in [0.717, 1.165) is 24.1 Å². The fourth-order valence-corrected chi connectivity index (χ4v) is 3.09. The zero-order chi connectivity index (χ0) is 19.4. The molecule has 1 amide bonds. The van der Waals surface area contributed by atoms with Gasteiger partial charge in [0.1, 0.15) is 17.6 Å². The maximum absolute atomic E-state index is 12.3. The number of piperidine rings is 1. The molecule has 6 heteroatoms. The highest BCUT2D eigenvalue weighted by molar-refractivity contribution is 5.77. The number of rotatable bonds is 5. The van der Waals surface area contributed by atoms with Crippen molar-refractivity contribution >= 4 is 5.91 Å². The number of carbonyl (C=O) groups is 1. The minimum absolute atomic E-state index is 0.0126. The van der Waals surface area contributed by atoms with Gasteiger partial charge in [-0.3, -0.25) is 9.59 Å². The second-order valence-electron chi connectivity index (χ2n) is 7.03. The highest BCUT2D eigenvalue weighted by Gasteiger charge is 2.24. The lowest BCUT2D eigenvalue weighted by atomic mass is 10.1. The van der Waals surface area contributed by atoms with Gasteiger partial charge >= 0.3 is 0 Å². The first-order valence-corrected chi connectivity index (χ1v) is 9.24. The van der Waals surface area contributed by atoms with E-state index in [1.807, 2.05) is 49.1 Å². The summed E-state index contributed by atoms with van der Waals surface area (Å²) in [6, 6.07) is 11.0. The summed E-state index contributed by atoms with van der Waals surface area (Å²) >= 11 is 0. The molecule has 6 nitrogen and oxygen atoms in total. The lowest BCUT2D eigenvalue weighted by Gasteiger charge is -2.32. The van der Waals surface area contributed by atoms with Gasteiger partial charge in [-0.25, -0.2) is 0 Å². The molecule has 1 fully saturated rings. The number of benzene rings is 1. The molecule has 1 aliphatic heterocycles. The van der Waals surface area contributed by atoms with Gasteiger partial charge < -0.3 is 18.9 Å². The van der Waals surface area contributed by atoms with E-state index in [2.05, 4.69) is 0 Å². The first-order chi connectivity index (χ1) is 12.9. The van der Waals surface area contributed by atoms with Gasteiger partial charge in [0.25, 0.3) is 11.5 Å². The number of likely N-dealkylation sites (tertiary alicyclic amines) is 1. The summed E-state index contributed by atoms with van der Waals surface area (Å²) < 4.78 is 13.1. The standard InChI is InChI=1S/C21H26N2O4/c1-15-4-6-17(7-5-15)26-14-21(25)23-10-8-18(9-11-23)27-19-12-16(2)22(3)20(24)13-19/h4-7,12-13,18H,8-11,14H2,1-3H3. The molecule has 144 valence electrons. The number of hydrogen-bond donors (Lipinski definition) is 0. The molecule has 2 heterocycles. The van der Waals surface area contributed by atoms with Crippen LogP contribution >= 0.6 is 0 Å². The van der Waals surface area contributed by atoms with Crippen molar-refractivity contribution in [3.05, 3.63) is 58.0 Å². The van der Waals surface area contributed by atoms with Crippen molar-refractivity contribution in [3.63, 3.8) is 0 Å². The topological polar surface area (TPSA) is 60.8 Å². The Kier molecular flexibility index (Phi) is 5.84. The second kappa shape index (κ2) is 8.29. The Morgan fingerprint density at radius 2 is 1.74 bits per heavy atom. The maximum atomic E-state index is 12.3. The van der Waals surface area contributed by atoms with Gasteiger partial charge in [0.05, 0.1) is 0 Å². The summed E-state index contributed by atoms with van der Waals surface area (Å²) in [5, 5.41) is 0. The molecule has 0 bridgehead atoms. The molecular formula is C21H26N2O4. The number of pyridine rings is 1. The molecule has 0 radical (unpaired) electrons. The number of ether oxygens (including phenoxy) is 2. The normalized spacial score (nSPS) is 14.9. The number of amides is 1. The van der Waals surface area contributed by atoms with Gasteiger partial charge in [0.2, 0.25) is 0 Å². The van der Waals surface area contributed by atoms with Crippen molar-refractivity contribution in [2.24, 2.45) is 7.05 Å². The third-order valence-corrected chi connectivity index (χ3v) is 4.96. The van der Waals surface area contributed by atoms with Gasteiger partial charge in [0.15, 0.2) is 6.61 Å². The maximum Gasteiger partial charge on any atom is 0.260 e. The van der Waals surface area contributed by atoms with Crippen LogP contribution < -0.4 is 15.0 Å². The minimum atomic E-state index is -0.0779. The van der Waals surface area contributed by atoms with Crippen LogP contribution in [0.1, 0.15) is 24.1 Å². The molecule has 1 aliphatic rings. The smallest absolute Gasteiger partial charge is 0.260 e. The van der Waals surface area contributed by atoms with Crippen LogP contribution in [-0.2, 0) is 11.8 Å². The number of hydrogen-bond acceptors (Lipinski definition) is 4. The van der Waals surface area contributed by atoms with Crippen LogP contribution in [-0.4, -0.2) is 41.2 Å². The Morgan fingerprint density at radius 3 is 2.37 bits per heavy atom. The van der Waals surface area contributed by atoms with E-state index >= 15 is 0 Å². The first-order valence-electron chi connectivity index (χ1n) is 9.24. The van der Waals surface area contributed by atoms with Crippen LogP contribution in [0.25, 0.3) is 0 Å². The van der Waals surface area contributed by atoms with E-state index in [4.69, 9.17) is 9.47 Å². The van der Waals surface area contributed by atoms with Crippen molar-refractivity contribution in [1.82, 2.24) is 9.47 Å². The molecule has 2 aromatic rings. The number of carbonyl (C=O) groups excluding carboxylic acids is 1. The Morgan fingerprint density at radius 1 is 1.07 bits per heavy atom. The predicted octanol–water partition coefficient (Wildman–Crippen LogP) is 2.45. The third-order valence-electron chi connectivity index (χ3n) is 4.96. The molecule has 0 N–H and O–H groups in total. The van der Waals surface area contributed by atoms with Crippen LogP contribution in [0, 0.1) is 13.8 Å². The minimum Gasteiger partial charge on any atom is -0.490 e. The fraction of sp³-hybridized carbons (Fsp3) is 0.429. The Balaban J connectivity index is 1.47. The van der Waals surface area contributed by atoms with Gasteiger partial charge in [-0.05, 0) is 32.0 Å². The monoisotopic (exact) mass is 370 g/mol. The summed E-state index contributed by atoms with van der Waals surface area (Å²) in [5.41, 5.74) is 1.94. The summed E-state index contributed by atoms with van der Waals surface area (Å²) in [6.45, 7) is 5.19. The molecule has 1 saturated heterocycles. The lowest BCUT2D eigenvalue weighted by molar-refractivity contribution is -0.135. The van der Waals surface area contributed by atoms with Crippen LogP contribution in [0.15, 0.2) is 41.2 Å². The predicted molar refractivity (Wildman–Crippen MR) is 103 cm³/mol. The van der Waals surface area contributed by atoms with Crippen LogP contribution in [0.4, 0.5) is 0 Å². The Bertz CT molecular complexity index is 849. The molecule has 0 saturated carbocycles. The van der Waals surface area contributed by atoms with E-state index in [1.165, 1.54) is 6.07 Å². The number of aromatic nitrogens is 1. The summed E-state index contributed by atoms with van der Waals surface area (Å²) in [7, 11) is 1.74. The molecule has 3 rings (SSSR count). The summed E-state index contributed by atoms with van der Waals surface area (Å²) in [5.74, 6) is 1.29. The first kappa shape index (κ1) is 19.0. The molecule has 0 unspecified atom stereocenters. The molecule has 0 atom stereocenters. The van der Waals surface area contributed by atoms with E-state index in [9.17, 15) is 9.59 Å². The summed E-state index contributed by atoms with van der Waals surface area (Å²) in [6.07, 6.45) is 1.49. The average Bonchev–Trinajstić information content (AvgIpc) is 2.66. The van der Waals surface area contributed by atoms with E-state index < -0.39 is 0 Å². The molecule has 0 aliphatic carbocycles. The largest absolute Gasteiger partial charge is 0.490 e.